The molecule has 2 aromatic carbocycles. The summed E-state index contributed by atoms with van der Waals surface area (Å²) in [5, 5.41) is 4.81. The number of hydrogen-bond donors (Lipinski definition) is 2. The maximum absolute atomic E-state index is 5.59. The van der Waals surface area contributed by atoms with E-state index in [0.717, 1.165) is 34.1 Å². The van der Waals surface area contributed by atoms with Crippen molar-refractivity contribution >= 4 is 16.6 Å². The normalized spacial score (nSPS) is 12.0. The fourth-order valence-electron chi connectivity index (χ4n) is 3.58. The van der Waals surface area contributed by atoms with E-state index in [-0.39, 0.29) is 6.04 Å². The number of aryl methyl sites for hydroxylation is 1. The molecule has 0 spiro atoms. The Morgan fingerprint density at radius 3 is 2.54 bits per heavy atom. The molecule has 2 heterocycles. The minimum absolute atomic E-state index is 0.139. The maximum atomic E-state index is 5.59. The van der Waals surface area contributed by atoms with Gasteiger partial charge in [-0.1, -0.05) is 24.3 Å². The first kappa shape index (κ1) is 17.9. The van der Waals surface area contributed by atoms with Crippen LogP contribution < -0.4 is 14.8 Å². The molecule has 2 aromatic heterocycles. The molecule has 4 aromatic rings. The van der Waals surface area contributed by atoms with Crippen LogP contribution in [0.1, 0.15) is 23.0 Å². The topological polar surface area (TPSA) is 59.2 Å². The quantitative estimate of drug-likeness (QED) is 0.494. The smallest absolute Gasteiger partial charge is 0.145 e. The third-order valence-corrected chi connectivity index (χ3v) is 4.92. The summed E-state index contributed by atoms with van der Waals surface area (Å²) in [6.07, 6.45) is 1.82. The Labute approximate surface area is 164 Å². The van der Waals surface area contributed by atoms with E-state index in [1.54, 1.807) is 14.2 Å². The number of ether oxygens (including phenoxy) is 2. The van der Waals surface area contributed by atoms with Crippen LogP contribution >= 0.6 is 0 Å². The number of methoxy groups -OCH3 is 2. The molecule has 0 aliphatic rings. The average Bonchev–Trinajstić information content (AvgIpc) is 3.08. The second kappa shape index (κ2) is 7.64. The summed E-state index contributed by atoms with van der Waals surface area (Å²) in [6.45, 7) is 2.10. The van der Waals surface area contributed by atoms with E-state index >= 15 is 0 Å². The fourth-order valence-corrected chi connectivity index (χ4v) is 3.58. The Hall–Kier alpha value is -3.47. The van der Waals surface area contributed by atoms with Gasteiger partial charge in [0, 0.05) is 34.4 Å². The lowest BCUT2D eigenvalue weighted by Gasteiger charge is -2.22. The number of rotatable bonds is 6. The zero-order valence-corrected chi connectivity index (χ0v) is 16.2. The number of pyridine rings is 1. The van der Waals surface area contributed by atoms with Crippen molar-refractivity contribution in [3.63, 3.8) is 0 Å². The molecule has 0 fully saturated rings. The zero-order chi connectivity index (χ0) is 19.5. The van der Waals surface area contributed by atoms with E-state index in [1.165, 1.54) is 10.9 Å². The highest BCUT2D eigenvalue weighted by atomic mass is 16.5. The molecule has 0 radical (unpaired) electrons. The van der Waals surface area contributed by atoms with Gasteiger partial charge >= 0.3 is 0 Å². The van der Waals surface area contributed by atoms with E-state index in [2.05, 4.69) is 40.4 Å². The van der Waals surface area contributed by atoms with Gasteiger partial charge in [-0.25, -0.2) is 0 Å². The lowest BCUT2D eigenvalue weighted by atomic mass is 9.99. The highest BCUT2D eigenvalue weighted by Gasteiger charge is 2.23. The van der Waals surface area contributed by atoms with Gasteiger partial charge in [-0.05, 0) is 37.3 Å². The van der Waals surface area contributed by atoms with E-state index in [0.29, 0.717) is 0 Å². The summed E-state index contributed by atoms with van der Waals surface area (Å²) >= 11 is 0. The van der Waals surface area contributed by atoms with Crippen LogP contribution in [0.25, 0.3) is 10.9 Å². The number of aromatic amines is 1. The number of nitrogens with zero attached hydrogens (tertiary/aromatic N) is 1. The molecule has 142 valence electrons. The van der Waals surface area contributed by atoms with Crippen LogP contribution in [0.3, 0.4) is 0 Å². The molecule has 28 heavy (non-hydrogen) atoms. The second-order valence-corrected chi connectivity index (χ2v) is 6.61. The molecule has 2 N–H and O–H groups in total. The van der Waals surface area contributed by atoms with Gasteiger partial charge in [0.25, 0.3) is 0 Å². The number of nitrogens with one attached hydrogen (secondary N) is 2. The molecular weight excluding hydrogens is 350 g/mol. The van der Waals surface area contributed by atoms with Crippen LogP contribution in [-0.2, 0) is 0 Å². The monoisotopic (exact) mass is 373 g/mol. The largest absolute Gasteiger partial charge is 0.497 e. The molecule has 0 aliphatic carbocycles. The Morgan fingerprint density at radius 1 is 0.964 bits per heavy atom. The zero-order valence-electron chi connectivity index (χ0n) is 16.2. The Morgan fingerprint density at radius 2 is 1.79 bits per heavy atom. The third-order valence-electron chi connectivity index (χ3n) is 4.92. The van der Waals surface area contributed by atoms with E-state index in [4.69, 9.17) is 9.47 Å². The Balaban J connectivity index is 1.85. The van der Waals surface area contributed by atoms with Crippen molar-refractivity contribution in [1.29, 1.82) is 0 Å². The summed E-state index contributed by atoms with van der Waals surface area (Å²) in [7, 11) is 3.31. The van der Waals surface area contributed by atoms with Gasteiger partial charge < -0.3 is 19.8 Å². The van der Waals surface area contributed by atoms with Gasteiger partial charge in [0.05, 0.1) is 31.6 Å². The van der Waals surface area contributed by atoms with Crippen LogP contribution in [0.15, 0.2) is 66.9 Å². The first-order valence-electron chi connectivity index (χ1n) is 9.18. The number of anilines is 1. The van der Waals surface area contributed by atoms with Crippen molar-refractivity contribution in [3.05, 3.63) is 83.8 Å². The van der Waals surface area contributed by atoms with Crippen molar-refractivity contribution in [2.45, 2.75) is 13.0 Å². The third kappa shape index (κ3) is 3.27. The lowest BCUT2D eigenvalue weighted by molar-refractivity contribution is 0.395. The summed E-state index contributed by atoms with van der Waals surface area (Å²) in [5.74, 6) is 1.47. The molecule has 1 atom stereocenters. The van der Waals surface area contributed by atoms with Crippen molar-refractivity contribution in [1.82, 2.24) is 9.97 Å². The first-order chi connectivity index (χ1) is 13.7. The molecule has 0 saturated heterocycles. The molecule has 0 saturated carbocycles. The van der Waals surface area contributed by atoms with Crippen molar-refractivity contribution < 1.29 is 9.47 Å². The molecular formula is C23H23N3O2. The number of H-pyrrole nitrogens is 1. The van der Waals surface area contributed by atoms with Crippen molar-refractivity contribution in [3.8, 4) is 11.5 Å². The van der Waals surface area contributed by atoms with Gasteiger partial charge in [-0.15, -0.1) is 0 Å². The van der Waals surface area contributed by atoms with Crippen LogP contribution in [0.4, 0.5) is 5.69 Å². The van der Waals surface area contributed by atoms with Gasteiger partial charge in [0.15, 0.2) is 0 Å². The molecule has 0 unspecified atom stereocenters. The van der Waals surface area contributed by atoms with Crippen LogP contribution in [0.5, 0.6) is 11.5 Å². The number of benzene rings is 2. The highest BCUT2D eigenvalue weighted by Crippen LogP contribution is 2.37. The first-order valence-corrected chi connectivity index (χ1v) is 9.18. The molecule has 5 nitrogen and oxygen atoms in total. The lowest BCUT2D eigenvalue weighted by Crippen LogP contribution is -2.15. The summed E-state index contributed by atoms with van der Waals surface area (Å²) in [6, 6.07) is 19.9. The number of fused-ring (bicyclic) bond motifs is 1. The predicted molar refractivity (Wildman–Crippen MR) is 112 cm³/mol. The van der Waals surface area contributed by atoms with Crippen LogP contribution in [0, 0.1) is 6.92 Å². The SMILES string of the molecule is COc1ccc(N[C@@H](c2ccccn2)c2c(C)[nH]c3ccccc23)c(OC)c1. The summed E-state index contributed by atoms with van der Waals surface area (Å²) in [4.78, 5) is 8.12. The molecule has 4 rings (SSSR count). The van der Waals surface area contributed by atoms with E-state index < -0.39 is 0 Å². The average molecular weight is 373 g/mol. The predicted octanol–water partition coefficient (Wildman–Crippen LogP) is 5.09. The van der Waals surface area contributed by atoms with Gasteiger partial charge in [-0.3, -0.25) is 4.98 Å². The van der Waals surface area contributed by atoms with E-state index in [9.17, 15) is 0 Å². The van der Waals surface area contributed by atoms with E-state index in [1.807, 2.05) is 48.7 Å². The minimum Gasteiger partial charge on any atom is -0.497 e. The highest BCUT2D eigenvalue weighted by molar-refractivity contribution is 5.86. The maximum Gasteiger partial charge on any atom is 0.145 e. The number of aromatic nitrogens is 2. The van der Waals surface area contributed by atoms with Crippen molar-refractivity contribution in [2.24, 2.45) is 0 Å². The molecule has 0 amide bonds. The summed E-state index contributed by atoms with van der Waals surface area (Å²) < 4.78 is 10.9. The van der Waals surface area contributed by atoms with Crippen LogP contribution in [0.2, 0.25) is 0 Å². The second-order valence-electron chi connectivity index (χ2n) is 6.61. The molecule has 5 heteroatoms. The molecule has 0 aliphatic heterocycles. The fraction of sp³-hybridized carbons (Fsp3) is 0.174. The van der Waals surface area contributed by atoms with Gasteiger partial charge in [0.2, 0.25) is 0 Å². The Kier molecular flexibility index (Phi) is 4.89. The Bertz CT molecular complexity index is 1090. The van der Waals surface area contributed by atoms with Gasteiger partial charge in [-0.2, -0.15) is 0 Å². The standard InChI is InChI=1S/C23H23N3O2/c1-15-22(17-8-4-5-9-18(17)25-15)23(20-10-6-7-13-24-20)26-19-12-11-16(27-2)14-21(19)28-3/h4-14,23,25-26H,1-3H3/t23-/m0/s1. The van der Waals surface area contributed by atoms with Gasteiger partial charge in [0.1, 0.15) is 11.5 Å². The number of para-hydroxylation sites is 1. The van der Waals surface area contributed by atoms with Crippen molar-refractivity contribution in [2.75, 3.05) is 19.5 Å². The van der Waals surface area contributed by atoms with Crippen LogP contribution in [-0.4, -0.2) is 24.2 Å². The number of hydrogen-bond acceptors (Lipinski definition) is 4. The summed E-state index contributed by atoms with van der Waals surface area (Å²) in [5.41, 5.74) is 5.21. The minimum atomic E-state index is -0.139. The molecule has 0 bridgehead atoms.